The van der Waals surface area contributed by atoms with Gasteiger partial charge in [0.2, 0.25) is 0 Å². The number of carbonyl (C=O) groups is 1. The molecule has 2 aromatic heterocycles. The molecule has 2 heterocycles. The zero-order valence-electron chi connectivity index (χ0n) is 20.1. The summed E-state index contributed by atoms with van der Waals surface area (Å²) in [5.41, 5.74) is 4.49. The lowest BCUT2D eigenvalue weighted by molar-refractivity contribution is 0.0913. The van der Waals surface area contributed by atoms with Gasteiger partial charge in [0.1, 0.15) is 5.69 Å². The fourth-order valence-electron chi connectivity index (χ4n) is 3.60. The van der Waals surface area contributed by atoms with Crippen LogP contribution in [-0.4, -0.2) is 30.8 Å². The Balaban J connectivity index is 1.81. The van der Waals surface area contributed by atoms with Gasteiger partial charge >= 0.3 is 0 Å². The van der Waals surface area contributed by atoms with Gasteiger partial charge in [-0.15, -0.1) is 0 Å². The maximum atomic E-state index is 13.1. The molecule has 0 fully saturated rings. The van der Waals surface area contributed by atoms with Crippen molar-refractivity contribution in [2.45, 2.75) is 33.2 Å². The van der Waals surface area contributed by atoms with Crippen LogP contribution in [0.4, 0.5) is 0 Å². The lowest BCUT2D eigenvalue weighted by Crippen LogP contribution is -2.41. The van der Waals surface area contributed by atoms with Crippen molar-refractivity contribution in [3.05, 3.63) is 87.5 Å². The molecule has 0 aliphatic rings. The van der Waals surface area contributed by atoms with Crippen LogP contribution in [0.5, 0.6) is 0 Å². The molecule has 178 valence electrons. The Bertz CT molecular complexity index is 1460. The van der Waals surface area contributed by atoms with Crippen LogP contribution in [0.1, 0.15) is 48.1 Å². The summed E-state index contributed by atoms with van der Waals surface area (Å²) in [5.74, 6) is 5.96. The van der Waals surface area contributed by atoms with Gasteiger partial charge in [-0.2, -0.15) is 5.10 Å². The van der Waals surface area contributed by atoms with Crippen molar-refractivity contribution in [3.63, 3.8) is 0 Å². The first-order valence-electron chi connectivity index (χ1n) is 11.0. The molecular weight excluding hydrogens is 481 g/mol. The van der Waals surface area contributed by atoms with Crippen LogP contribution in [-0.2, 0) is 7.05 Å². The third-order valence-electron chi connectivity index (χ3n) is 5.27. The van der Waals surface area contributed by atoms with E-state index in [1.54, 1.807) is 35.4 Å². The quantitative estimate of drug-likeness (QED) is 0.357. The minimum Gasteiger partial charge on any atom is -0.346 e. The smallest absolute Gasteiger partial charge is 0.272 e. The zero-order chi connectivity index (χ0) is 25.3. The van der Waals surface area contributed by atoms with E-state index in [4.69, 9.17) is 28.3 Å². The molecule has 1 N–H and O–H groups in total. The number of benzene rings is 2. The Kier molecular flexibility index (Phi) is 6.75. The maximum absolute atomic E-state index is 13.1. The van der Waals surface area contributed by atoms with Crippen LogP contribution in [0.3, 0.4) is 0 Å². The normalized spacial score (nSPS) is 11.2. The molecule has 35 heavy (non-hydrogen) atoms. The van der Waals surface area contributed by atoms with Gasteiger partial charge in [0.25, 0.3) is 5.91 Å². The summed E-state index contributed by atoms with van der Waals surface area (Å²) in [4.78, 5) is 17.1. The monoisotopic (exact) mass is 505 g/mol. The van der Waals surface area contributed by atoms with E-state index in [0.717, 1.165) is 28.1 Å². The van der Waals surface area contributed by atoms with E-state index in [1.165, 1.54) is 0 Å². The van der Waals surface area contributed by atoms with Crippen LogP contribution in [0, 0.1) is 18.8 Å². The largest absolute Gasteiger partial charge is 0.346 e. The average Bonchev–Trinajstić information content (AvgIpc) is 3.34. The fraction of sp³-hybridized carbons (Fsp3) is 0.222. The highest BCUT2D eigenvalue weighted by Crippen LogP contribution is 2.32. The van der Waals surface area contributed by atoms with E-state index < -0.39 is 5.54 Å². The molecule has 0 saturated carbocycles. The SMILES string of the molecule is Cc1c(C(=O)NC(C)(C)C)nn(-c2ccc(C#Cc3cncn3C)cc2Cl)c1-c1ccc(Cl)cc1. The van der Waals surface area contributed by atoms with Crippen molar-refractivity contribution in [2.75, 3.05) is 0 Å². The molecule has 1 amide bonds. The minimum absolute atomic E-state index is 0.251. The number of amides is 1. The summed E-state index contributed by atoms with van der Waals surface area (Å²) >= 11 is 12.8. The van der Waals surface area contributed by atoms with Crippen molar-refractivity contribution < 1.29 is 4.79 Å². The Morgan fingerprint density at radius 2 is 1.77 bits per heavy atom. The van der Waals surface area contributed by atoms with Gasteiger partial charge in [-0.05, 0) is 63.9 Å². The molecule has 0 unspecified atom stereocenters. The predicted molar refractivity (Wildman–Crippen MR) is 140 cm³/mol. The van der Waals surface area contributed by atoms with Gasteiger partial charge < -0.3 is 9.88 Å². The lowest BCUT2D eigenvalue weighted by atomic mass is 10.0. The van der Waals surface area contributed by atoms with Gasteiger partial charge in [-0.25, -0.2) is 9.67 Å². The summed E-state index contributed by atoms with van der Waals surface area (Å²) in [6.07, 6.45) is 3.41. The second-order valence-corrected chi connectivity index (χ2v) is 10.1. The third-order valence-corrected chi connectivity index (χ3v) is 5.83. The van der Waals surface area contributed by atoms with Gasteiger partial charge in [-0.1, -0.05) is 41.3 Å². The molecular formula is C27H25Cl2N5O. The van der Waals surface area contributed by atoms with Crippen molar-refractivity contribution >= 4 is 29.1 Å². The standard InChI is InChI=1S/C27H25Cl2N5O/c1-17-24(26(35)31-27(2,3)4)32-34(25(17)19-8-10-20(28)11-9-19)23-13-7-18(14-22(23)29)6-12-21-15-30-16-33(21)5/h7-11,13-16H,1-5H3,(H,31,35). The number of halogens is 2. The number of nitrogens with zero attached hydrogens (tertiary/aromatic N) is 4. The number of hydrogen-bond acceptors (Lipinski definition) is 3. The second-order valence-electron chi connectivity index (χ2n) is 9.25. The number of nitrogens with one attached hydrogen (secondary N) is 1. The first kappa shape index (κ1) is 24.6. The number of aryl methyl sites for hydroxylation is 1. The molecule has 0 saturated heterocycles. The zero-order valence-corrected chi connectivity index (χ0v) is 21.7. The van der Waals surface area contributed by atoms with Gasteiger partial charge in [0.05, 0.1) is 28.9 Å². The lowest BCUT2D eigenvalue weighted by Gasteiger charge is -2.19. The second kappa shape index (κ2) is 9.61. The highest BCUT2D eigenvalue weighted by Gasteiger charge is 2.25. The van der Waals surface area contributed by atoms with Crippen LogP contribution in [0.15, 0.2) is 55.0 Å². The van der Waals surface area contributed by atoms with Gasteiger partial charge in [-0.3, -0.25) is 4.79 Å². The van der Waals surface area contributed by atoms with Crippen LogP contribution < -0.4 is 5.32 Å². The summed E-state index contributed by atoms with van der Waals surface area (Å²) in [7, 11) is 1.89. The molecule has 4 aromatic rings. The van der Waals surface area contributed by atoms with Crippen molar-refractivity contribution in [3.8, 4) is 28.8 Å². The number of aromatic nitrogens is 4. The predicted octanol–water partition coefficient (Wildman–Crippen LogP) is 5.82. The Morgan fingerprint density at radius 3 is 2.37 bits per heavy atom. The van der Waals surface area contributed by atoms with E-state index in [2.05, 4.69) is 22.1 Å². The highest BCUT2D eigenvalue weighted by atomic mass is 35.5. The molecule has 0 aliphatic heterocycles. The van der Waals surface area contributed by atoms with Crippen molar-refractivity contribution in [1.82, 2.24) is 24.6 Å². The Hall–Kier alpha value is -3.53. The Labute approximate surface area is 214 Å². The van der Waals surface area contributed by atoms with E-state index in [0.29, 0.717) is 21.4 Å². The van der Waals surface area contributed by atoms with E-state index in [9.17, 15) is 4.79 Å². The van der Waals surface area contributed by atoms with Crippen LogP contribution >= 0.6 is 23.2 Å². The molecule has 0 radical (unpaired) electrons. The number of imidazole rings is 1. The summed E-state index contributed by atoms with van der Waals surface area (Å²) in [5, 5.41) is 8.77. The van der Waals surface area contributed by atoms with Gasteiger partial charge in [0, 0.05) is 34.3 Å². The van der Waals surface area contributed by atoms with E-state index in [-0.39, 0.29) is 5.91 Å². The summed E-state index contributed by atoms with van der Waals surface area (Å²) in [6.45, 7) is 7.67. The van der Waals surface area contributed by atoms with Crippen molar-refractivity contribution in [2.24, 2.45) is 7.05 Å². The van der Waals surface area contributed by atoms with E-state index >= 15 is 0 Å². The molecule has 2 aromatic carbocycles. The van der Waals surface area contributed by atoms with Crippen molar-refractivity contribution in [1.29, 1.82) is 0 Å². The first-order chi connectivity index (χ1) is 16.5. The van der Waals surface area contributed by atoms with Crippen LogP contribution in [0.2, 0.25) is 10.0 Å². The molecule has 6 nitrogen and oxygen atoms in total. The first-order valence-corrected chi connectivity index (χ1v) is 11.8. The van der Waals surface area contributed by atoms with Crippen LogP contribution in [0.25, 0.3) is 16.9 Å². The number of hydrogen-bond donors (Lipinski definition) is 1. The fourth-order valence-corrected chi connectivity index (χ4v) is 3.99. The molecule has 0 aliphatic carbocycles. The topological polar surface area (TPSA) is 64.7 Å². The average molecular weight is 506 g/mol. The maximum Gasteiger partial charge on any atom is 0.272 e. The third kappa shape index (κ3) is 5.43. The number of rotatable bonds is 3. The highest BCUT2D eigenvalue weighted by molar-refractivity contribution is 6.32. The summed E-state index contributed by atoms with van der Waals surface area (Å²) < 4.78 is 3.55. The molecule has 4 rings (SSSR count). The Morgan fingerprint density at radius 1 is 1.06 bits per heavy atom. The molecule has 0 bridgehead atoms. The molecule has 0 spiro atoms. The minimum atomic E-state index is -0.403. The molecule has 8 heteroatoms. The van der Waals surface area contributed by atoms with E-state index in [1.807, 2.05) is 63.6 Å². The summed E-state index contributed by atoms with van der Waals surface area (Å²) in [6, 6.07) is 12.9. The molecule has 0 atom stereocenters. The van der Waals surface area contributed by atoms with Gasteiger partial charge in [0.15, 0.2) is 5.69 Å². The number of carbonyl (C=O) groups excluding carboxylic acids is 1.